The number of amides is 1. The molecule has 156 valence electrons. The third-order valence-corrected chi connectivity index (χ3v) is 6.54. The van der Waals surface area contributed by atoms with E-state index in [1.807, 2.05) is 28.8 Å². The molecule has 1 saturated carbocycles. The van der Waals surface area contributed by atoms with Crippen molar-refractivity contribution in [3.8, 4) is 0 Å². The normalized spacial score (nSPS) is 20.3. The molecule has 0 bridgehead atoms. The van der Waals surface area contributed by atoms with Crippen molar-refractivity contribution in [2.75, 3.05) is 18.4 Å². The number of carbonyl (C=O) groups excluding carboxylic acids is 1. The van der Waals surface area contributed by atoms with Crippen LogP contribution < -0.4 is 10.9 Å². The molecule has 1 aromatic heterocycles. The van der Waals surface area contributed by atoms with Gasteiger partial charge in [-0.15, -0.1) is 0 Å². The Labute approximate surface area is 172 Å². The summed E-state index contributed by atoms with van der Waals surface area (Å²) in [4.78, 5) is 31.8. The average Bonchev–Trinajstić information content (AvgIpc) is 2.69. The maximum Gasteiger partial charge on any atom is 0.294 e. The van der Waals surface area contributed by atoms with Crippen molar-refractivity contribution in [1.82, 2.24) is 14.5 Å². The van der Waals surface area contributed by atoms with Crippen molar-refractivity contribution >= 4 is 22.8 Å². The Morgan fingerprint density at radius 3 is 2.31 bits per heavy atom. The average molecular weight is 397 g/mol. The highest BCUT2D eigenvalue weighted by Crippen LogP contribution is 2.29. The first-order valence-electron chi connectivity index (χ1n) is 11.2. The van der Waals surface area contributed by atoms with Gasteiger partial charge in [0.05, 0.1) is 11.0 Å². The van der Waals surface area contributed by atoms with E-state index in [9.17, 15) is 9.59 Å². The molecule has 1 aliphatic heterocycles. The molecule has 29 heavy (non-hydrogen) atoms. The molecular formula is C23H32N4O2. The number of para-hydroxylation sites is 2. The third-order valence-electron chi connectivity index (χ3n) is 6.54. The first kappa shape index (κ1) is 20.1. The number of fused-ring (bicyclic) bond motifs is 1. The van der Waals surface area contributed by atoms with Crippen molar-refractivity contribution < 1.29 is 4.79 Å². The third kappa shape index (κ3) is 4.53. The van der Waals surface area contributed by atoms with E-state index < -0.39 is 0 Å². The Morgan fingerprint density at radius 1 is 0.966 bits per heavy atom. The topological polar surface area (TPSA) is 67.2 Å². The summed E-state index contributed by atoms with van der Waals surface area (Å²) in [6, 6.07) is 8.58. The molecule has 0 radical (unpaired) electrons. The highest BCUT2D eigenvalue weighted by atomic mass is 16.2. The fourth-order valence-corrected chi connectivity index (χ4v) is 5.07. The Morgan fingerprint density at radius 2 is 1.62 bits per heavy atom. The van der Waals surface area contributed by atoms with E-state index >= 15 is 0 Å². The van der Waals surface area contributed by atoms with Crippen molar-refractivity contribution in [3.63, 3.8) is 0 Å². The van der Waals surface area contributed by atoms with Crippen LogP contribution in [0.3, 0.4) is 0 Å². The molecule has 0 spiro atoms. The number of nitrogens with zero attached hydrogens (tertiary/aromatic N) is 3. The van der Waals surface area contributed by atoms with Crippen LogP contribution in [-0.4, -0.2) is 39.5 Å². The summed E-state index contributed by atoms with van der Waals surface area (Å²) in [5, 5.41) is 2.62. The smallest absolute Gasteiger partial charge is 0.294 e. The van der Waals surface area contributed by atoms with E-state index in [0.717, 1.165) is 37.0 Å². The summed E-state index contributed by atoms with van der Waals surface area (Å²) >= 11 is 0. The van der Waals surface area contributed by atoms with E-state index in [1.165, 1.54) is 51.9 Å². The standard InChI is InChI=1S/C23H32N4O2/c1-17(28)24-22-23(29)27(21-12-8-7-11-20(21)25-22)19-13-15-26(16-14-19)18-9-5-3-2-4-6-10-18/h7-8,11-12,18-19H,2-6,9-10,13-16H2,1H3,(H,24,25,28). The summed E-state index contributed by atoms with van der Waals surface area (Å²) < 4.78 is 1.88. The van der Waals surface area contributed by atoms with E-state index in [-0.39, 0.29) is 23.3 Å². The van der Waals surface area contributed by atoms with Crippen molar-refractivity contribution in [2.24, 2.45) is 0 Å². The van der Waals surface area contributed by atoms with Gasteiger partial charge in [0.1, 0.15) is 0 Å². The number of piperidine rings is 1. The van der Waals surface area contributed by atoms with Gasteiger partial charge in [0, 0.05) is 32.1 Å². The van der Waals surface area contributed by atoms with Crippen LogP contribution in [0.4, 0.5) is 5.82 Å². The Bertz CT molecular complexity index is 907. The Hall–Kier alpha value is -2.21. The second-order valence-electron chi connectivity index (χ2n) is 8.57. The number of carbonyl (C=O) groups is 1. The highest BCUT2D eigenvalue weighted by Gasteiger charge is 2.28. The monoisotopic (exact) mass is 396 g/mol. The summed E-state index contributed by atoms with van der Waals surface area (Å²) in [5.74, 6) is -0.130. The van der Waals surface area contributed by atoms with Crippen LogP contribution in [0.2, 0.25) is 0 Å². The summed E-state index contributed by atoms with van der Waals surface area (Å²) in [7, 11) is 0. The summed E-state index contributed by atoms with van der Waals surface area (Å²) in [6.07, 6.45) is 11.4. The van der Waals surface area contributed by atoms with Gasteiger partial charge in [-0.05, 0) is 37.8 Å². The predicted octanol–water partition coefficient (Wildman–Crippen LogP) is 4.10. The van der Waals surface area contributed by atoms with E-state index in [0.29, 0.717) is 6.04 Å². The van der Waals surface area contributed by atoms with Crippen LogP contribution in [0.25, 0.3) is 11.0 Å². The minimum absolute atomic E-state index is 0.138. The summed E-state index contributed by atoms with van der Waals surface area (Å²) in [6.45, 7) is 3.48. The Kier molecular flexibility index (Phi) is 6.28. The molecule has 1 aliphatic carbocycles. The zero-order valence-corrected chi connectivity index (χ0v) is 17.4. The predicted molar refractivity (Wildman–Crippen MR) is 116 cm³/mol. The number of benzene rings is 1. The second kappa shape index (κ2) is 9.08. The van der Waals surface area contributed by atoms with Gasteiger partial charge in [-0.1, -0.05) is 44.2 Å². The largest absolute Gasteiger partial charge is 0.306 e. The lowest BCUT2D eigenvalue weighted by Gasteiger charge is -2.39. The number of hydrogen-bond acceptors (Lipinski definition) is 4. The number of hydrogen-bond donors (Lipinski definition) is 1. The Balaban J connectivity index is 1.56. The molecule has 2 aromatic rings. The van der Waals surface area contributed by atoms with Crippen molar-refractivity contribution in [1.29, 1.82) is 0 Å². The first-order valence-corrected chi connectivity index (χ1v) is 11.2. The van der Waals surface area contributed by atoms with Crippen LogP contribution in [0.15, 0.2) is 29.1 Å². The lowest BCUT2D eigenvalue weighted by atomic mass is 9.93. The molecule has 1 saturated heterocycles. The van der Waals surface area contributed by atoms with Crippen LogP contribution in [-0.2, 0) is 4.79 Å². The minimum atomic E-state index is -0.268. The number of likely N-dealkylation sites (tertiary alicyclic amines) is 1. The fourth-order valence-electron chi connectivity index (χ4n) is 5.07. The molecule has 2 heterocycles. The molecule has 1 amide bonds. The van der Waals surface area contributed by atoms with Gasteiger partial charge in [-0.25, -0.2) is 4.98 Å². The van der Waals surface area contributed by atoms with Gasteiger partial charge in [-0.2, -0.15) is 0 Å². The van der Waals surface area contributed by atoms with Gasteiger partial charge >= 0.3 is 0 Å². The molecule has 0 unspecified atom stereocenters. The maximum atomic E-state index is 13.2. The van der Waals surface area contributed by atoms with Gasteiger partial charge in [0.25, 0.3) is 5.56 Å². The number of anilines is 1. The SMILES string of the molecule is CC(=O)Nc1nc2ccccc2n(C2CCN(C3CCCCCCC3)CC2)c1=O. The molecular weight excluding hydrogens is 364 g/mol. The fraction of sp³-hybridized carbons (Fsp3) is 0.609. The van der Waals surface area contributed by atoms with Crippen LogP contribution in [0.1, 0.15) is 70.8 Å². The number of aromatic nitrogens is 2. The van der Waals surface area contributed by atoms with Gasteiger partial charge < -0.3 is 14.8 Å². The van der Waals surface area contributed by atoms with Gasteiger partial charge in [-0.3, -0.25) is 9.59 Å². The maximum absolute atomic E-state index is 13.2. The molecule has 0 atom stereocenters. The molecule has 1 aromatic carbocycles. The molecule has 2 aliphatic rings. The van der Waals surface area contributed by atoms with Crippen LogP contribution in [0.5, 0.6) is 0 Å². The molecule has 2 fully saturated rings. The van der Waals surface area contributed by atoms with E-state index in [1.54, 1.807) is 0 Å². The molecule has 6 nitrogen and oxygen atoms in total. The lowest BCUT2D eigenvalue weighted by Crippen LogP contribution is -2.43. The molecule has 4 rings (SSSR count). The van der Waals surface area contributed by atoms with Crippen LogP contribution >= 0.6 is 0 Å². The van der Waals surface area contributed by atoms with E-state index in [4.69, 9.17) is 0 Å². The van der Waals surface area contributed by atoms with Crippen molar-refractivity contribution in [3.05, 3.63) is 34.6 Å². The minimum Gasteiger partial charge on any atom is -0.306 e. The zero-order valence-electron chi connectivity index (χ0n) is 17.4. The quantitative estimate of drug-likeness (QED) is 0.848. The highest BCUT2D eigenvalue weighted by molar-refractivity contribution is 5.88. The van der Waals surface area contributed by atoms with E-state index in [2.05, 4.69) is 15.2 Å². The number of nitrogens with one attached hydrogen (secondary N) is 1. The summed E-state index contributed by atoms with van der Waals surface area (Å²) in [5.41, 5.74) is 1.41. The molecule has 6 heteroatoms. The van der Waals surface area contributed by atoms with Crippen molar-refractivity contribution in [2.45, 2.75) is 76.8 Å². The first-order chi connectivity index (χ1) is 14.1. The number of rotatable bonds is 3. The lowest BCUT2D eigenvalue weighted by molar-refractivity contribution is -0.114. The van der Waals surface area contributed by atoms with Crippen LogP contribution in [0, 0.1) is 0 Å². The zero-order chi connectivity index (χ0) is 20.2. The molecule has 1 N–H and O–H groups in total. The van der Waals surface area contributed by atoms with Gasteiger partial charge in [0.2, 0.25) is 5.91 Å². The second-order valence-corrected chi connectivity index (χ2v) is 8.57. The van der Waals surface area contributed by atoms with Gasteiger partial charge in [0.15, 0.2) is 5.82 Å².